The van der Waals surface area contributed by atoms with E-state index in [1.165, 1.54) is 84.8 Å². The van der Waals surface area contributed by atoms with Crippen molar-refractivity contribution >= 4 is 38.9 Å². The van der Waals surface area contributed by atoms with Crippen LogP contribution in [-0.2, 0) is 10.8 Å². The Morgan fingerprint density at radius 3 is 1.62 bits per heavy atom. The van der Waals surface area contributed by atoms with Crippen molar-refractivity contribution in [1.82, 2.24) is 4.57 Å². The molecular formula is C56H48N2. The molecule has 0 unspecified atom stereocenters. The molecule has 0 amide bonds. The van der Waals surface area contributed by atoms with Crippen molar-refractivity contribution in [3.05, 3.63) is 205 Å². The first-order valence-corrected chi connectivity index (χ1v) is 20.6. The predicted molar refractivity (Wildman–Crippen MR) is 247 cm³/mol. The maximum atomic E-state index is 2.50. The summed E-state index contributed by atoms with van der Waals surface area (Å²) in [6, 6.07) is 71.4. The molecule has 0 aliphatic heterocycles. The van der Waals surface area contributed by atoms with Crippen LogP contribution in [0.2, 0.25) is 0 Å². The van der Waals surface area contributed by atoms with Crippen molar-refractivity contribution in [1.29, 1.82) is 0 Å². The maximum absolute atomic E-state index is 2.50. The van der Waals surface area contributed by atoms with Crippen molar-refractivity contribution in [2.75, 3.05) is 4.90 Å². The number of aromatic nitrogens is 1. The van der Waals surface area contributed by atoms with E-state index in [-0.39, 0.29) is 10.8 Å². The molecule has 0 radical (unpaired) electrons. The highest BCUT2D eigenvalue weighted by molar-refractivity contribution is 6.10. The van der Waals surface area contributed by atoms with Gasteiger partial charge < -0.3 is 9.47 Å². The molecule has 0 spiro atoms. The van der Waals surface area contributed by atoms with E-state index in [1.807, 2.05) is 0 Å². The summed E-state index contributed by atoms with van der Waals surface area (Å²) < 4.78 is 2.50. The van der Waals surface area contributed by atoms with Crippen molar-refractivity contribution in [2.24, 2.45) is 0 Å². The molecule has 2 heteroatoms. The van der Waals surface area contributed by atoms with Gasteiger partial charge in [-0.2, -0.15) is 0 Å². The number of hydrogen-bond donors (Lipinski definition) is 0. The Bertz CT molecular complexity index is 2920. The topological polar surface area (TPSA) is 8.17 Å². The third-order valence-electron chi connectivity index (χ3n) is 12.7. The summed E-state index contributed by atoms with van der Waals surface area (Å²) in [5.41, 5.74) is 17.3. The van der Waals surface area contributed by atoms with Crippen LogP contribution in [0.15, 0.2) is 194 Å². The van der Waals surface area contributed by atoms with Gasteiger partial charge in [-0.1, -0.05) is 167 Å². The molecule has 2 nitrogen and oxygen atoms in total. The normalized spacial score (nSPS) is 14.3. The lowest BCUT2D eigenvalue weighted by Crippen LogP contribution is -2.33. The van der Waals surface area contributed by atoms with Crippen LogP contribution in [0.3, 0.4) is 0 Å². The molecule has 1 aromatic heterocycles. The van der Waals surface area contributed by atoms with E-state index in [4.69, 9.17) is 0 Å². The summed E-state index contributed by atoms with van der Waals surface area (Å²) >= 11 is 0. The number of hydrogen-bond acceptors (Lipinski definition) is 1. The molecule has 1 aliphatic rings. The van der Waals surface area contributed by atoms with E-state index in [0.29, 0.717) is 0 Å². The fraction of sp³-hybridized carbons (Fsp3) is 0.143. The van der Waals surface area contributed by atoms with Gasteiger partial charge in [0.25, 0.3) is 0 Å². The van der Waals surface area contributed by atoms with Gasteiger partial charge in [-0.25, -0.2) is 0 Å². The summed E-state index contributed by atoms with van der Waals surface area (Å²) in [6.45, 7) is 9.65. The lowest BCUT2D eigenvalue weighted by atomic mass is 9.63. The van der Waals surface area contributed by atoms with E-state index in [0.717, 1.165) is 17.1 Å². The molecule has 10 rings (SSSR count). The Labute approximate surface area is 342 Å². The summed E-state index contributed by atoms with van der Waals surface area (Å²) in [5, 5.41) is 2.51. The molecule has 1 aliphatic carbocycles. The number of anilines is 3. The molecule has 0 saturated heterocycles. The Kier molecular flexibility index (Phi) is 8.68. The quantitative estimate of drug-likeness (QED) is 0.158. The minimum absolute atomic E-state index is 0.104. The molecule has 0 atom stereocenters. The summed E-state index contributed by atoms with van der Waals surface area (Å²) in [7, 11) is 0. The number of benzene rings is 8. The summed E-state index contributed by atoms with van der Waals surface area (Å²) in [6.07, 6.45) is 2.38. The van der Waals surface area contributed by atoms with Crippen molar-refractivity contribution in [2.45, 2.75) is 51.4 Å². The van der Waals surface area contributed by atoms with Crippen LogP contribution in [0.4, 0.5) is 17.1 Å². The molecule has 9 aromatic rings. The Morgan fingerprint density at radius 1 is 0.397 bits per heavy atom. The van der Waals surface area contributed by atoms with Crippen molar-refractivity contribution in [3.8, 4) is 39.1 Å². The summed E-state index contributed by atoms with van der Waals surface area (Å²) in [5.74, 6) is 0. The second-order valence-electron chi connectivity index (χ2n) is 17.3. The van der Waals surface area contributed by atoms with Crippen LogP contribution in [0, 0.1) is 0 Å². The van der Waals surface area contributed by atoms with Gasteiger partial charge in [0.05, 0.1) is 16.7 Å². The van der Waals surface area contributed by atoms with Crippen LogP contribution in [-0.4, -0.2) is 4.57 Å². The number of para-hydroxylation sites is 1. The SMILES string of the molecule is CC1(C)CCC(C)(C)c2cc(-n3c4ccccc4c4ccc(N(c5ccc(-c6ccccc6)cc5)c5ccc(-c6ccccc6)cc5-c5ccccc5)cc43)ccc21. The Balaban J connectivity index is 1.21. The number of rotatable bonds is 7. The minimum atomic E-state index is 0.104. The highest BCUT2D eigenvalue weighted by atomic mass is 15.1. The first-order valence-electron chi connectivity index (χ1n) is 20.6. The van der Waals surface area contributed by atoms with Gasteiger partial charge in [-0.15, -0.1) is 0 Å². The van der Waals surface area contributed by atoms with Crippen molar-refractivity contribution < 1.29 is 0 Å². The monoisotopic (exact) mass is 748 g/mol. The summed E-state index contributed by atoms with van der Waals surface area (Å²) in [4.78, 5) is 2.45. The average Bonchev–Trinajstić information content (AvgIpc) is 3.60. The van der Waals surface area contributed by atoms with Gasteiger partial charge in [-0.05, 0) is 117 Å². The fourth-order valence-electron chi connectivity index (χ4n) is 9.34. The van der Waals surface area contributed by atoms with E-state index in [1.54, 1.807) is 0 Å². The molecule has 0 fully saturated rings. The zero-order valence-corrected chi connectivity index (χ0v) is 33.8. The molecule has 8 aromatic carbocycles. The highest BCUT2D eigenvalue weighted by Crippen LogP contribution is 2.48. The van der Waals surface area contributed by atoms with E-state index >= 15 is 0 Å². The molecule has 0 bridgehead atoms. The molecule has 1 heterocycles. The lowest BCUT2D eigenvalue weighted by Gasteiger charge is -2.42. The van der Waals surface area contributed by atoms with E-state index < -0.39 is 0 Å². The zero-order valence-electron chi connectivity index (χ0n) is 33.8. The zero-order chi connectivity index (χ0) is 39.4. The maximum Gasteiger partial charge on any atom is 0.0561 e. The van der Waals surface area contributed by atoms with Crippen LogP contribution in [0.25, 0.3) is 60.9 Å². The third-order valence-corrected chi connectivity index (χ3v) is 12.7. The standard InChI is InChI=1S/C56H48N2/c1-55(2)34-35-56(3,4)51-37-45(30-32-50(51)55)58-52-23-15-14-22-47(52)48-31-29-46(38-54(48)58)57(44-27-24-41(25-28-44)39-16-8-5-9-17-39)53-33-26-43(40-18-10-6-11-19-40)36-49(53)42-20-12-7-13-21-42/h5-33,36-38H,34-35H2,1-4H3. The highest BCUT2D eigenvalue weighted by Gasteiger charge is 2.37. The predicted octanol–water partition coefficient (Wildman–Crippen LogP) is 15.6. The molecule has 58 heavy (non-hydrogen) atoms. The Morgan fingerprint density at radius 2 is 0.931 bits per heavy atom. The third kappa shape index (κ3) is 6.21. The largest absolute Gasteiger partial charge is 0.310 e. The molecular weight excluding hydrogens is 701 g/mol. The van der Waals surface area contributed by atoms with Crippen molar-refractivity contribution in [3.63, 3.8) is 0 Å². The van der Waals surface area contributed by atoms with Gasteiger partial charge in [-0.3, -0.25) is 0 Å². The van der Waals surface area contributed by atoms with Crippen LogP contribution in [0.5, 0.6) is 0 Å². The second kappa shape index (κ2) is 14.1. The van der Waals surface area contributed by atoms with E-state index in [2.05, 4.69) is 231 Å². The van der Waals surface area contributed by atoms with Gasteiger partial charge in [0.2, 0.25) is 0 Å². The number of nitrogens with zero attached hydrogens (tertiary/aromatic N) is 2. The van der Waals surface area contributed by atoms with Gasteiger partial charge in [0.1, 0.15) is 0 Å². The molecule has 282 valence electrons. The second-order valence-corrected chi connectivity index (χ2v) is 17.3. The van der Waals surface area contributed by atoms with E-state index in [9.17, 15) is 0 Å². The van der Waals surface area contributed by atoms with Crippen LogP contribution >= 0.6 is 0 Å². The van der Waals surface area contributed by atoms with Gasteiger partial charge in [0, 0.05) is 33.4 Å². The first-order chi connectivity index (χ1) is 28.2. The van der Waals surface area contributed by atoms with Crippen LogP contribution < -0.4 is 4.90 Å². The number of fused-ring (bicyclic) bond motifs is 4. The van der Waals surface area contributed by atoms with Gasteiger partial charge in [0.15, 0.2) is 0 Å². The molecule has 0 saturated carbocycles. The van der Waals surface area contributed by atoms with Gasteiger partial charge >= 0.3 is 0 Å². The molecule has 0 N–H and O–H groups in total. The average molecular weight is 749 g/mol. The minimum Gasteiger partial charge on any atom is -0.310 e. The smallest absolute Gasteiger partial charge is 0.0561 e. The lowest BCUT2D eigenvalue weighted by molar-refractivity contribution is 0.332. The Hall–Kier alpha value is -6.64. The van der Waals surface area contributed by atoms with Crippen LogP contribution in [0.1, 0.15) is 51.7 Å². The fourth-order valence-corrected chi connectivity index (χ4v) is 9.34. The first kappa shape index (κ1) is 35.8.